The van der Waals surface area contributed by atoms with Gasteiger partial charge in [-0.05, 0) is 12.1 Å². The van der Waals surface area contributed by atoms with Crippen molar-refractivity contribution >= 4 is 6.29 Å². The molecule has 0 unspecified atom stereocenters. The van der Waals surface area contributed by atoms with Crippen molar-refractivity contribution in [1.82, 2.24) is 30.2 Å². The van der Waals surface area contributed by atoms with E-state index in [4.69, 9.17) is 4.42 Å². The molecule has 4 aromatic rings. The maximum Gasteiger partial charge on any atom is 0.314 e. The van der Waals surface area contributed by atoms with Gasteiger partial charge in [-0.2, -0.15) is 8.78 Å². The second-order valence-corrected chi connectivity index (χ2v) is 5.75. The van der Waals surface area contributed by atoms with Crippen molar-refractivity contribution in [2.75, 3.05) is 0 Å². The number of nitrogens with zero attached hydrogens (tertiary/aromatic N) is 6. The van der Waals surface area contributed by atoms with Crippen LogP contribution in [0.4, 0.5) is 8.78 Å². The molecule has 10 heteroatoms. The normalized spacial score (nSPS) is 11.1. The molecule has 0 saturated carbocycles. The van der Waals surface area contributed by atoms with Gasteiger partial charge in [0.25, 0.3) is 5.89 Å². The first kappa shape index (κ1) is 17.6. The van der Waals surface area contributed by atoms with Crippen LogP contribution in [-0.2, 0) is 6.54 Å². The van der Waals surface area contributed by atoms with Crippen molar-refractivity contribution in [3.8, 4) is 22.7 Å². The Labute approximate surface area is 156 Å². The van der Waals surface area contributed by atoms with E-state index < -0.39 is 12.3 Å². The van der Waals surface area contributed by atoms with Gasteiger partial charge in [-0.1, -0.05) is 35.5 Å². The minimum atomic E-state index is -2.83. The third kappa shape index (κ3) is 3.39. The van der Waals surface area contributed by atoms with E-state index in [1.807, 2.05) is 30.3 Å². The molecular weight excluding hydrogens is 370 g/mol. The van der Waals surface area contributed by atoms with E-state index in [0.29, 0.717) is 28.9 Å². The first-order valence-corrected chi connectivity index (χ1v) is 8.16. The summed E-state index contributed by atoms with van der Waals surface area (Å²) in [7, 11) is 0. The van der Waals surface area contributed by atoms with Crippen LogP contribution in [0.3, 0.4) is 0 Å². The van der Waals surface area contributed by atoms with Crippen LogP contribution in [0.5, 0.6) is 0 Å². The van der Waals surface area contributed by atoms with Gasteiger partial charge in [-0.3, -0.25) is 9.78 Å². The van der Waals surface area contributed by atoms with Crippen LogP contribution in [0.25, 0.3) is 22.7 Å². The molecule has 28 heavy (non-hydrogen) atoms. The lowest BCUT2D eigenvalue weighted by Gasteiger charge is -2.04. The number of hydrogen-bond acceptors (Lipinski definition) is 7. The molecule has 0 atom stereocenters. The molecule has 0 N–H and O–H groups in total. The number of carbonyl (C=O) groups excluding carboxylic acids is 1. The third-order valence-corrected chi connectivity index (χ3v) is 3.94. The Morgan fingerprint density at radius 2 is 1.86 bits per heavy atom. The minimum absolute atomic E-state index is 0.0462. The lowest BCUT2D eigenvalue weighted by Crippen LogP contribution is -2.07. The van der Waals surface area contributed by atoms with Crippen molar-refractivity contribution in [2.24, 2.45) is 0 Å². The molecule has 0 radical (unpaired) electrons. The summed E-state index contributed by atoms with van der Waals surface area (Å²) in [4.78, 5) is 15.8. The third-order valence-electron chi connectivity index (χ3n) is 3.94. The highest BCUT2D eigenvalue weighted by atomic mass is 19.3. The van der Waals surface area contributed by atoms with Crippen LogP contribution in [0.1, 0.15) is 28.5 Å². The molecule has 140 valence electrons. The second-order valence-electron chi connectivity index (χ2n) is 5.75. The molecule has 0 bridgehead atoms. The average molecular weight is 382 g/mol. The molecule has 0 aliphatic heterocycles. The zero-order chi connectivity index (χ0) is 19.5. The molecule has 1 aromatic carbocycles. The number of pyridine rings is 1. The summed E-state index contributed by atoms with van der Waals surface area (Å²) in [6.45, 7) is 0.209. The maximum atomic E-state index is 12.5. The van der Waals surface area contributed by atoms with E-state index in [0.717, 1.165) is 5.56 Å². The Morgan fingerprint density at radius 3 is 2.50 bits per heavy atom. The Bertz CT molecular complexity index is 1090. The van der Waals surface area contributed by atoms with E-state index in [9.17, 15) is 13.6 Å². The van der Waals surface area contributed by atoms with Crippen LogP contribution >= 0.6 is 0 Å². The fourth-order valence-corrected chi connectivity index (χ4v) is 2.59. The summed E-state index contributed by atoms with van der Waals surface area (Å²) >= 11 is 0. The smallest absolute Gasteiger partial charge is 0.314 e. The molecule has 3 aromatic heterocycles. The van der Waals surface area contributed by atoms with Gasteiger partial charge in [0.05, 0.1) is 17.8 Å². The predicted molar refractivity (Wildman–Crippen MR) is 92.4 cm³/mol. The largest absolute Gasteiger partial charge is 0.415 e. The molecule has 4 rings (SSSR count). The number of benzene rings is 1. The van der Waals surface area contributed by atoms with Gasteiger partial charge in [0.15, 0.2) is 6.29 Å². The number of aldehydes is 1. The molecule has 0 aliphatic carbocycles. The summed E-state index contributed by atoms with van der Waals surface area (Å²) in [5.74, 6) is -0.791. The van der Waals surface area contributed by atoms with Crippen molar-refractivity contribution in [1.29, 1.82) is 0 Å². The van der Waals surface area contributed by atoms with Gasteiger partial charge < -0.3 is 4.42 Å². The van der Waals surface area contributed by atoms with Gasteiger partial charge in [0, 0.05) is 11.8 Å². The predicted octanol–water partition coefficient (Wildman–Crippen LogP) is 3.19. The molecular formula is C18H12F2N6O2. The van der Waals surface area contributed by atoms with E-state index in [1.54, 1.807) is 12.1 Å². The lowest BCUT2D eigenvalue weighted by atomic mass is 10.1. The van der Waals surface area contributed by atoms with Crippen molar-refractivity contribution in [3.63, 3.8) is 0 Å². The van der Waals surface area contributed by atoms with Gasteiger partial charge in [0.2, 0.25) is 5.89 Å². The maximum absolute atomic E-state index is 12.5. The summed E-state index contributed by atoms with van der Waals surface area (Å²) in [6, 6.07) is 12.5. The van der Waals surface area contributed by atoms with Gasteiger partial charge in [-0.15, -0.1) is 15.3 Å². The number of aromatic nitrogens is 6. The average Bonchev–Trinajstić information content (AvgIpc) is 3.37. The topological polar surface area (TPSA) is 99.6 Å². The van der Waals surface area contributed by atoms with E-state index in [1.165, 1.54) is 10.9 Å². The quantitative estimate of drug-likeness (QED) is 0.472. The molecule has 0 fully saturated rings. The number of rotatable bonds is 6. The summed E-state index contributed by atoms with van der Waals surface area (Å²) in [5.41, 5.74) is 2.59. The molecule has 0 amide bonds. The Balaban J connectivity index is 1.56. The highest BCUT2D eigenvalue weighted by molar-refractivity contribution is 5.83. The molecule has 0 aliphatic rings. The monoisotopic (exact) mass is 382 g/mol. The fourth-order valence-electron chi connectivity index (χ4n) is 2.59. The molecule has 8 nitrogen and oxygen atoms in total. The Kier molecular flexibility index (Phi) is 4.67. The minimum Gasteiger partial charge on any atom is -0.415 e. The number of halogens is 2. The highest BCUT2D eigenvalue weighted by Crippen LogP contribution is 2.23. The summed E-state index contributed by atoms with van der Waals surface area (Å²) in [5, 5.41) is 15.0. The number of hydrogen-bond donors (Lipinski definition) is 0. The summed E-state index contributed by atoms with van der Waals surface area (Å²) in [6.07, 6.45) is -0.712. The zero-order valence-electron chi connectivity index (χ0n) is 14.2. The van der Waals surface area contributed by atoms with Crippen molar-refractivity contribution < 1.29 is 18.0 Å². The van der Waals surface area contributed by atoms with Crippen LogP contribution in [-0.4, -0.2) is 36.5 Å². The van der Waals surface area contributed by atoms with Crippen LogP contribution in [0, 0.1) is 0 Å². The van der Waals surface area contributed by atoms with Gasteiger partial charge in [-0.25, -0.2) is 4.68 Å². The first-order valence-electron chi connectivity index (χ1n) is 8.16. The van der Waals surface area contributed by atoms with Crippen LogP contribution in [0.15, 0.2) is 53.1 Å². The Morgan fingerprint density at radius 1 is 1.04 bits per heavy atom. The van der Waals surface area contributed by atoms with Crippen LogP contribution < -0.4 is 0 Å². The standard InChI is InChI=1S/C18H12F2N6O2/c19-16(20)18-24-23-17(28-18)12-6-7-13(21-8-12)9-26-14(10-27)15(22-25-26)11-4-2-1-3-5-11/h1-8,10,16H,9H2. The SMILES string of the molecule is O=Cc1c(-c2ccccc2)nnn1Cc1ccc(-c2nnc(C(F)F)o2)cn1. The zero-order valence-corrected chi connectivity index (χ0v) is 14.2. The van der Waals surface area contributed by atoms with E-state index in [-0.39, 0.29) is 12.4 Å². The first-order chi connectivity index (χ1) is 13.7. The van der Waals surface area contributed by atoms with Crippen LogP contribution in [0.2, 0.25) is 0 Å². The van der Waals surface area contributed by atoms with E-state index in [2.05, 4.69) is 25.5 Å². The highest BCUT2D eigenvalue weighted by Gasteiger charge is 2.18. The molecule has 3 heterocycles. The fraction of sp³-hybridized carbons (Fsp3) is 0.111. The molecule has 0 saturated heterocycles. The van der Waals surface area contributed by atoms with Gasteiger partial charge in [0.1, 0.15) is 11.4 Å². The Hall–Kier alpha value is -3.82. The van der Waals surface area contributed by atoms with Gasteiger partial charge >= 0.3 is 6.43 Å². The van der Waals surface area contributed by atoms with Crippen molar-refractivity contribution in [3.05, 3.63) is 65.9 Å². The second kappa shape index (κ2) is 7.43. The summed E-state index contributed by atoms with van der Waals surface area (Å²) < 4.78 is 31.4. The lowest BCUT2D eigenvalue weighted by molar-refractivity contribution is 0.111. The van der Waals surface area contributed by atoms with E-state index >= 15 is 0 Å². The number of alkyl halides is 2. The van der Waals surface area contributed by atoms with Crippen molar-refractivity contribution in [2.45, 2.75) is 13.0 Å². The molecule has 0 spiro atoms. The number of carbonyl (C=O) groups is 1.